The van der Waals surface area contributed by atoms with Crippen molar-refractivity contribution in [3.8, 4) is 0 Å². The van der Waals surface area contributed by atoms with Crippen molar-refractivity contribution >= 4 is 11.9 Å². The molecule has 5 heteroatoms. The molecule has 0 spiro atoms. The molecule has 16 heavy (non-hydrogen) atoms. The zero-order valence-electron chi connectivity index (χ0n) is 9.70. The molecule has 1 aliphatic rings. The lowest BCUT2D eigenvalue weighted by Crippen LogP contribution is -2.20. The minimum atomic E-state index is 0.696. The summed E-state index contributed by atoms with van der Waals surface area (Å²) in [5.74, 6) is 1.42. The molecule has 0 aromatic carbocycles. The molecule has 0 unspecified atom stereocenters. The Morgan fingerprint density at radius 1 is 1.56 bits per heavy atom. The van der Waals surface area contributed by atoms with E-state index < -0.39 is 0 Å². The molecule has 0 aliphatic heterocycles. The van der Waals surface area contributed by atoms with Crippen molar-refractivity contribution in [1.29, 1.82) is 0 Å². The van der Waals surface area contributed by atoms with Crippen LogP contribution < -0.4 is 10.2 Å². The molecule has 2 rings (SSSR count). The van der Waals surface area contributed by atoms with Gasteiger partial charge >= 0.3 is 0 Å². The SMILES string of the molecule is CNc1nc(N(C)CCC2=CCC=C2)n[nH]1. The van der Waals surface area contributed by atoms with E-state index >= 15 is 0 Å². The minimum absolute atomic E-state index is 0.696. The van der Waals surface area contributed by atoms with Crippen molar-refractivity contribution in [3.63, 3.8) is 0 Å². The Hall–Kier alpha value is -1.78. The van der Waals surface area contributed by atoms with Gasteiger partial charge in [0.05, 0.1) is 0 Å². The van der Waals surface area contributed by atoms with Gasteiger partial charge in [-0.25, -0.2) is 5.10 Å². The van der Waals surface area contributed by atoms with Crippen LogP contribution in [0.2, 0.25) is 0 Å². The highest BCUT2D eigenvalue weighted by Crippen LogP contribution is 2.14. The molecular formula is C11H17N5. The second-order valence-corrected chi connectivity index (χ2v) is 3.82. The van der Waals surface area contributed by atoms with Crippen molar-refractivity contribution < 1.29 is 0 Å². The summed E-state index contributed by atoms with van der Waals surface area (Å²) in [5, 5.41) is 9.86. The molecule has 1 aliphatic carbocycles. The van der Waals surface area contributed by atoms with Gasteiger partial charge in [-0.3, -0.25) is 0 Å². The van der Waals surface area contributed by atoms with Crippen molar-refractivity contribution in [1.82, 2.24) is 15.2 Å². The fourth-order valence-electron chi connectivity index (χ4n) is 1.62. The molecule has 0 bridgehead atoms. The molecule has 0 radical (unpaired) electrons. The normalized spacial score (nSPS) is 14.0. The van der Waals surface area contributed by atoms with E-state index in [1.807, 2.05) is 19.0 Å². The van der Waals surface area contributed by atoms with E-state index in [0.29, 0.717) is 5.95 Å². The molecule has 1 heterocycles. The molecule has 1 aromatic rings. The first-order valence-corrected chi connectivity index (χ1v) is 5.46. The highest BCUT2D eigenvalue weighted by molar-refractivity contribution is 5.36. The summed E-state index contributed by atoms with van der Waals surface area (Å²) in [5.41, 5.74) is 1.40. The van der Waals surface area contributed by atoms with Crippen LogP contribution in [0.3, 0.4) is 0 Å². The third-order valence-corrected chi connectivity index (χ3v) is 2.64. The van der Waals surface area contributed by atoms with E-state index in [2.05, 4.69) is 38.7 Å². The molecule has 0 amide bonds. The fourth-order valence-corrected chi connectivity index (χ4v) is 1.62. The van der Waals surface area contributed by atoms with Crippen LogP contribution in [0.1, 0.15) is 12.8 Å². The number of hydrogen-bond donors (Lipinski definition) is 2. The van der Waals surface area contributed by atoms with Crippen LogP contribution >= 0.6 is 0 Å². The van der Waals surface area contributed by atoms with Gasteiger partial charge in [0.1, 0.15) is 0 Å². The summed E-state index contributed by atoms with van der Waals surface area (Å²) >= 11 is 0. The highest BCUT2D eigenvalue weighted by atomic mass is 15.4. The fraction of sp³-hybridized carbons (Fsp3) is 0.455. The predicted octanol–water partition coefficient (Wildman–Crippen LogP) is 1.56. The topological polar surface area (TPSA) is 56.8 Å². The van der Waals surface area contributed by atoms with E-state index in [4.69, 9.17) is 0 Å². The monoisotopic (exact) mass is 219 g/mol. The van der Waals surface area contributed by atoms with Crippen LogP contribution in [0, 0.1) is 0 Å². The van der Waals surface area contributed by atoms with E-state index in [1.165, 1.54) is 5.57 Å². The Balaban J connectivity index is 1.87. The van der Waals surface area contributed by atoms with Crippen LogP contribution in [0.25, 0.3) is 0 Å². The second kappa shape index (κ2) is 4.83. The Kier molecular flexibility index (Phi) is 3.24. The summed E-state index contributed by atoms with van der Waals surface area (Å²) < 4.78 is 0. The first-order valence-electron chi connectivity index (χ1n) is 5.46. The van der Waals surface area contributed by atoms with Crippen LogP contribution in [0.4, 0.5) is 11.9 Å². The van der Waals surface area contributed by atoms with Crippen molar-refractivity contribution in [3.05, 3.63) is 23.8 Å². The van der Waals surface area contributed by atoms with Gasteiger partial charge in [0.2, 0.25) is 11.9 Å². The number of hydrogen-bond acceptors (Lipinski definition) is 4. The van der Waals surface area contributed by atoms with Crippen molar-refractivity contribution in [2.75, 3.05) is 30.9 Å². The molecular weight excluding hydrogens is 202 g/mol. The summed E-state index contributed by atoms with van der Waals surface area (Å²) in [6.07, 6.45) is 8.73. The molecule has 0 saturated carbocycles. The maximum atomic E-state index is 4.28. The standard InChI is InChI=1S/C11H17N5/c1-12-10-13-11(15-14-10)16(2)8-7-9-5-3-4-6-9/h3,5-6H,4,7-8H2,1-2H3,(H2,12,13,14,15). The smallest absolute Gasteiger partial charge is 0.246 e. The maximum absolute atomic E-state index is 4.28. The molecule has 0 saturated heterocycles. The molecule has 0 fully saturated rings. The van der Waals surface area contributed by atoms with E-state index in [0.717, 1.165) is 25.3 Å². The molecule has 0 atom stereocenters. The summed E-state index contributed by atoms with van der Waals surface area (Å²) in [6.45, 7) is 0.928. The lowest BCUT2D eigenvalue weighted by Gasteiger charge is -2.14. The van der Waals surface area contributed by atoms with E-state index in [-0.39, 0.29) is 0 Å². The number of aromatic nitrogens is 3. The molecule has 1 aromatic heterocycles. The minimum Gasteiger partial charge on any atom is -0.358 e. The number of rotatable bonds is 5. The van der Waals surface area contributed by atoms with Gasteiger partial charge in [-0.15, -0.1) is 5.10 Å². The first-order chi connectivity index (χ1) is 7.79. The summed E-state index contributed by atoms with van der Waals surface area (Å²) in [4.78, 5) is 6.33. The van der Waals surface area contributed by atoms with Crippen molar-refractivity contribution in [2.45, 2.75) is 12.8 Å². The molecule has 5 nitrogen and oxygen atoms in total. The summed E-state index contributed by atoms with van der Waals surface area (Å²) in [6, 6.07) is 0. The van der Waals surface area contributed by atoms with Gasteiger partial charge in [0, 0.05) is 20.6 Å². The number of nitrogens with one attached hydrogen (secondary N) is 2. The van der Waals surface area contributed by atoms with E-state index in [9.17, 15) is 0 Å². The van der Waals surface area contributed by atoms with Crippen LogP contribution in [0.5, 0.6) is 0 Å². The Morgan fingerprint density at radius 2 is 2.44 bits per heavy atom. The molecule has 86 valence electrons. The predicted molar refractivity (Wildman–Crippen MR) is 65.7 cm³/mol. The number of allylic oxidation sites excluding steroid dienone is 3. The number of nitrogens with zero attached hydrogens (tertiary/aromatic N) is 3. The number of H-pyrrole nitrogens is 1. The summed E-state index contributed by atoms with van der Waals surface area (Å²) in [7, 11) is 3.82. The second-order valence-electron chi connectivity index (χ2n) is 3.82. The number of anilines is 2. The maximum Gasteiger partial charge on any atom is 0.246 e. The van der Waals surface area contributed by atoms with E-state index in [1.54, 1.807) is 0 Å². The third-order valence-electron chi connectivity index (χ3n) is 2.64. The average molecular weight is 219 g/mol. The average Bonchev–Trinajstić information content (AvgIpc) is 2.96. The van der Waals surface area contributed by atoms with Gasteiger partial charge in [-0.05, 0) is 12.8 Å². The van der Waals surface area contributed by atoms with Gasteiger partial charge < -0.3 is 10.2 Å². The van der Waals surface area contributed by atoms with Gasteiger partial charge in [0.15, 0.2) is 0 Å². The third kappa shape index (κ3) is 2.42. The Labute approximate surface area is 95.3 Å². The van der Waals surface area contributed by atoms with Gasteiger partial charge in [-0.1, -0.05) is 23.8 Å². The molecule has 2 N–H and O–H groups in total. The first kappa shape index (κ1) is 10.7. The van der Waals surface area contributed by atoms with Gasteiger partial charge in [-0.2, -0.15) is 4.98 Å². The van der Waals surface area contributed by atoms with Crippen molar-refractivity contribution in [2.24, 2.45) is 0 Å². The zero-order chi connectivity index (χ0) is 11.4. The van der Waals surface area contributed by atoms with Crippen LogP contribution in [-0.2, 0) is 0 Å². The highest BCUT2D eigenvalue weighted by Gasteiger charge is 2.08. The number of aromatic amines is 1. The largest absolute Gasteiger partial charge is 0.358 e. The lowest BCUT2D eigenvalue weighted by atomic mass is 10.2. The quantitative estimate of drug-likeness (QED) is 0.789. The van der Waals surface area contributed by atoms with Gasteiger partial charge in [0.25, 0.3) is 0 Å². The zero-order valence-corrected chi connectivity index (χ0v) is 9.70. The van der Waals surface area contributed by atoms with Crippen LogP contribution in [-0.4, -0.2) is 35.8 Å². The Morgan fingerprint density at radius 3 is 3.06 bits per heavy atom. The Bertz CT molecular complexity index is 404. The van der Waals surface area contributed by atoms with Crippen LogP contribution in [0.15, 0.2) is 23.8 Å². The lowest BCUT2D eigenvalue weighted by molar-refractivity contribution is 0.843.